The molecule has 0 spiro atoms. The summed E-state index contributed by atoms with van der Waals surface area (Å²) < 4.78 is 1.40. The largest absolute Gasteiger partial charge is 0.493 e. The summed E-state index contributed by atoms with van der Waals surface area (Å²) >= 11 is 0. The number of nitrogens with zero attached hydrogens (tertiary/aromatic N) is 1. The molecule has 0 aliphatic heterocycles. The van der Waals surface area contributed by atoms with E-state index in [1.165, 1.54) is 75.0 Å². The molecule has 1 heterocycles. The molecule has 1 aromatic rings. The zero-order valence-electron chi connectivity index (χ0n) is 13.6. The Morgan fingerprint density at radius 1 is 0.905 bits per heavy atom. The van der Waals surface area contributed by atoms with E-state index in [-0.39, 0.29) is 11.6 Å². The summed E-state index contributed by atoms with van der Waals surface area (Å²) in [5.74, 6) is 0.0445. The van der Waals surface area contributed by atoms with Gasteiger partial charge in [0.05, 0.1) is 6.20 Å². The van der Waals surface area contributed by atoms with Gasteiger partial charge >= 0.3 is 5.69 Å². The maximum atomic E-state index is 11.3. The molecule has 0 unspecified atom stereocenters. The van der Waals surface area contributed by atoms with E-state index in [0.717, 1.165) is 12.8 Å². The molecule has 2 N–H and O–H groups in total. The van der Waals surface area contributed by atoms with Gasteiger partial charge in [-0.1, -0.05) is 77.6 Å². The first-order chi connectivity index (χ1) is 10.3. The maximum absolute atomic E-state index is 11.3. The van der Waals surface area contributed by atoms with Crippen molar-refractivity contribution in [2.75, 3.05) is 0 Å². The van der Waals surface area contributed by atoms with Gasteiger partial charge in [-0.25, -0.2) is 4.79 Å². The molecule has 0 fully saturated rings. The third-order valence-corrected chi connectivity index (χ3v) is 4.08. The molecule has 0 bridgehead atoms. The number of rotatable bonds is 13. The zero-order valence-corrected chi connectivity index (χ0v) is 13.6. The standard InChI is InChI=1S/C17H32N2O2/c1-2-3-4-5-6-7-8-9-10-11-12-13-14-19-16(20)15-18-17(19)21/h15,20H,2-14H2,1H3,(H,18,21). The second-order valence-electron chi connectivity index (χ2n) is 5.99. The Labute approximate surface area is 128 Å². The van der Waals surface area contributed by atoms with E-state index < -0.39 is 0 Å². The first kappa shape index (κ1) is 17.9. The van der Waals surface area contributed by atoms with E-state index >= 15 is 0 Å². The van der Waals surface area contributed by atoms with Crippen LogP contribution in [0.3, 0.4) is 0 Å². The van der Waals surface area contributed by atoms with Crippen LogP contribution >= 0.6 is 0 Å². The lowest BCUT2D eigenvalue weighted by atomic mass is 10.1. The fourth-order valence-electron chi connectivity index (χ4n) is 2.71. The van der Waals surface area contributed by atoms with Gasteiger partial charge in [-0.3, -0.25) is 4.57 Å². The number of H-pyrrole nitrogens is 1. The van der Waals surface area contributed by atoms with Gasteiger partial charge in [0.15, 0.2) is 0 Å². The van der Waals surface area contributed by atoms with Crippen LogP contribution in [-0.2, 0) is 6.54 Å². The van der Waals surface area contributed by atoms with E-state index in [4.69, 9.17) is 0 Å². The van der Waals surface area contributed by atoms with Gasteiger partial charge in [0, 0.05) is 6.54 Å². The Morgan fingerprint density at radius 2 is 1.38 bits per heavy atom. The zero-order chi connectivity index (χ0) is 15.3. The van der Waals surface area contributed by atoms with Crippen LogP contribution in [-0.4, -0.2) is 14.7 Å². The van der Waals surface area contributed by atoms with Gasteiger partial charge in [-0.2, -0.15) is 0 Å². The summed E-state index contributed by atoms with van der Waals surface area (Å²) in [5.41, 5.74) is -0.212. The molecule has 0 aliphatic carbocycles. The molecule has 1 aromatic heterocycles. The molecule has 0 atom stereocenters. The summed E-state index contributed by atoms with van der Waals surface area (Å²) in [6, 6.07) is 0. The molecule has 0 aromatic carbocycles. The molecule has 4 nitrogen and oxygen atoms in total. The van der Waals surface area contributed by atoms with Crippen molar-refractivity contribution in [3.8, 4) is 5.88 Å². The molecule has 21 heavy (non-hydrogen) atoms. The van der Waals surface area contributed by atoms with Crippen LogP contribution in [0.25, 0.3) is 0 Å². The molecule has 0 aliphatic rings. The monoisotopic (exact) mass is 296 g/mol. The summed E-state index contributed by atoms with van der Waals surface area (Å²) in [7, 11) is 0. The van der Waals surface area contributed by atoms with Crippen LogP contribution in [0.1, 0.15) is 84.0 Å². The van der Waals surface area contributed by atoms with Gasteiger partial charge < -0.3 is 10.1 Å². The highest BCUT2D eigenvalue weighted by Crippen LogP contribution is 2.12. The number of aromatic amines is 1. The van der Waals surface area contributed by atoms with Crippen LogP contribution in [0, 0.1) is 0 Å². The number of aromatic hydroxyl groups is 1. The van der Waals surface area contributed by atoms with Gasteiger partial charge in [-0.05, 0) is 6.42 Å². The predicted octanol–water partition coefficient (Wildman–Crippen LogP) is 4.58. The van der Waals surface area contributed by atoms with Crippen LogP contribution in [0.15, 0.2) is 11.0 Å². The van der Waals surface area contributed by atoms with Crippen molar-refractivity contribution in [1.29, 1.82) is 0 Å². The average Bonchev–Trinajstić information content (AvgIpc) is 2.80. The van der Waals surface area contributed by atoms with E-state index in [1.54, 1.807) is 0 Å². The summed E-state index contributed by atoms with van der Waals surface area (Å²) in [5, 5.41) is 9.44. The lowest BCUT2D eigenvalue weighted by Crippen LogP contribution is -2.16. The van der Waals surface area contributed by atoms with Crippen molar-refractivity contribution >= 4 is 0 Å². The lowest BCUT2D eigenvalue weighted by Gasteiger charge is -2.04. The minimum absolute atomic E-state index is 0.0445. The molecule has 0 radical (unpaired) electrons. The number of hydrogen-bond acceptors (Lipinski definition) is 2. The molecule has 122 valence electrons. The topological polar surface area (TPSA) is 58.0 Å². The summed E-state index contributed by atoms with van der Waals surface area (Å²) in [4.78, 5) is 13.8. The number of nitrogens with one attached hydrogen (secondary N) is 1. The second kappa shape index (κ2) is 11.5. The Hall–Kier alpha value is -1.19. The van der Waals surface area contributed by atoms with Crippen molar-refractivity contribution in [3.63, 3.8) is 0 Å². The first-order valence-corrected chi connectivity index (χ1v) is 8.73. The Bertz CT molecular complexity index is 409. The van der Waals surface area contributed by atoms with E-state index in [1.807, 2.05) is 0 Å². The molecule has 0 saturated carbocycles. The van der Waals surface area contributed by atoms with Crippen molar-refractivity contribution in [1.82, 2.24) is 9.55 Å². The number of aromatic nitrogens is 2. The van der Waals surface area contributed by atoms with Crippen LogP contribution < -0.4 is 5.69 Å². The lowest BCUT2D eigenvalue weighted by molar-refractivity contribution is 0.405. The van der Waals surface area contributed by atoms with E-state index in [9.17, 15) is 9.90 Å². The molecule has 4 heteroatoms. The smallest absolute Gasteiger partial charge is 0.328 e. The van der Waals surface area contributed by atoms with Gasteiger partial charge in [0.2, 0.25) is 5.88 Å². The molecule has 0 saturated heterocycles. The highest BCUT2D eigenvalue weighted by atomic mass is 16.3. The quantitative estimate of drug-likeness (QED) is 0.523. The van der Waals surface area contributed by atoms with Crippen LogP contribution in [0.5, 0.6) is 5.88 Å². The summed E-state index contributed by atoms with van der Waals surface area (Å²) in [6.45, 7) is 2.87. The van der Waals surface area contributed by atoms with Gasteiger partial charge in [0.25, 0.3) is 0 Å². The fraction of sp³-hybridized carbons (Fsp3) is 0.824. The van der Waals surface area contributed by atoms with Gasteiger partial charge in [0.1, 0.15) is 0 Å². The third kappa shape index (κ3) is 7.98. The molecule has 1 rings (SSSR count). The third-order valence-electron chi connectivity index (χ3n) is 4.08. The molecule has 0 amide bonds. The predicted molar refractivity (Wildman–Crippen MR) is 87.8 cm³/mol. The highest BCUT2D eigenvalue weighted by Gasteiger charge is 2.02. The van der Waals surface area contributed by atoms with Crippen molar-refractivity contribution in [2.45, 2.75) is 90.5 Å². The summed E-state index contributed by atoms with van der Waals surface area (Å²) in [6.07, 6.45) is 17.0. The fourth-order valence-corrected chi connectivity index (χ4v) is 2.71. The van der Waals surface area contributed by atoms with Crippen LogP contribution in [0.4, 0.5) is 0 Å². The SMILES string of the molecule is CCCCCCCCCCCCCCn1c(O)c[nH]c1=O. The molecular weight excluding hydrogens is 264 g/mol. The minimum atomic E-state index is -0.212. The first-order valence-electron chi connectivity index (χ1n) is 8.73. The number of unbranched alkanes of at least 4 members (excludes halogenated alkanes) is 11. The maximum Gasteiger partial charge on any atom is 0.328 e. The van der Waals surface area contributed by atoms with E-state index in [0.29, 0.717) is 6.54 Å². The number of imidazole rings is 1. The Balaban J connectivity index is 1.86. The van der Waals surface area contributed by atoms with E-state index in [2.05, 4.69) is 11.9 Å². The minimum Gasteiger partial charge on any atom is -0.493 e. The average molecular weight is 296 g/mol. The van der Waals surface area contributed by atoms with Gasteiger partial charge in [-0.15, -0.1) is 0 Å². The van der Waals surface area contributed by atoms with Crippen molar-refractivity contribution in [2.24, 2.45) is 0 Å². The number of hydrogen-bond donors (Lipinski definition) is 2. The van der Waals surface area contributed by atoms with Crippen molar-refractivity contribution in [3.05, 3.63) is 16.7 Å². The second-order valence-corrected chi connectivity index (χ2v) is 5.99. The Morgan fingerprint density at radius 3 is 1.81 bits per heavy atom. The van der Waals surface area contributed by atoms with Crippen molar-refractivity contribution < 1.29 is 5.11 Å². The normalized spacial score (nSPS) is 11.1. The highest BCUT2D eigenvalue weighted by molar-refractivity contribution is 5.02. The van der Waals surface area contributed by atoms with Crippen LogP contribution in [0.2, 0.25) is 0 Å². The molecular formula is C17H32N2O2. The Kier molecular flexibility index (Phi) is 9.75.